The molecule has 0 aliphatic carbocycles. The molecule has 0 aromatic heterocycles. The zero-order valence-electron chi connectivity index (χ0n) is 15.7. The van der Waals surface area contributed by atoms with Crippen LogP contribution in [-0.2, 0) is 12.8 Å². The minimum Gasteiger partial charge on any atom is -0.0654 e. The Labute approximate surface area is 149 Å². The average Bonchev–Trinajstić information content (AvgIpc) is 2.63. The molecule has 0 aliphatic rings. The van der Waals surface area contributed by atoms with Crippen molar-refractivity contribution in [2.24, 2.45) is 0 Å². The lowest BCUT2D eigenvalue weighted by molar-refractivity contribution is 0.665. The molecule has 0 heterocycles. The minimum absolute atomic E-state index is 1.21. The topological polar surface area (TPSA) is 0 Å². The first-order chi connectivity index (χ1) is 11.9. The Morgan fingerprint density at radius 2 is 0.917 bits per heavy atom. The van der Waals surface area contributed by atoms with E-state index >= 15 is 0 Å². The predicted molar refractivity (Wildman–Crippen MR) is 108 cm³/mol. The highest BCUT2D eigenvalue weighted by atomic mass is 14.1. The number of unbranched alkanes of at least 4 members (excludes halogenated alkanes) is 6. The number of benzene rings is 2. The molecule has 0 nitrogen and oxygen atoms in total. The van der Waals surface area contributed by atoms with E-state index in [4.69, 9.17) is 0 Å². The maximum absolute atomic E-state index is 2.33. The van der Waals surface area contributed by atoms with Gasteiger partial charge in [0, 0.05) is 0 Å². The predicted octanol–water partition coefficient (Wildman–Crippen LogP) is 7.60. The van der Waals surface area contributed by atoms with Gasteiger partial charge in [0.2, 0.25) is 0 Å². The van der Waals surface area contributed by atoms with E-state index in [2.05, 4.69) is 62.4 Å². The van der Waals surface area contributed by atoms with Crippen molar-refractivity contribution in [2.45, 2.75) is 78.1 Å². The second-order valence-corrected chi connectivity index (χ2v) is 6.94. The maximum atomic E-state index is 2.33. The molecular formula is C24H34. The fourth-order valence-corrected chi connectivity index (χ4v) is 3.49. The Bertz CT molecular complexity index is 529. The minimum atomic E-state index is 1.21. The number of hydrogen-bond donors (Lipinski definition) is 0. The molecule has 0 unspecified atom stereocenters. The molecule has 2 aromatic carbocycles. The summed E-state index contributed by atoms with van der Waals surface area (Å²) in [5.41, 5.74) is 5.96. The number of hydrogen-bond acceptors (Lipinski definition) is 0. The normalized spacial score (nSPS) is 10.9. The second kappa shape index (κ2) is 11.1. The summed E-state index contributed by atoms with van der Waals surface area (Å²) in [5.74, 6) is 0. The van der Waals surface area contributed by atoms with E-state index in [0.29, 0.717) is 0 Å². The van der Waals surface area contributed by atoms with Gasteiger partial charge in [0.15, 0.2) is 0 Å². The molecular weight excluding hydrogens is 288 g/mol. The molecule has 0 heteroatoms. The fourth-order valence-electron chi connectivity index (χ4n) is 3.49. The summed E-state index contributed by atoms with van der Waals surface area (Å²) in [7, 11) is 0. The number of aryl methyl sites for hydroxylation is 2. The van der Waals surface area contributed by atoms with Crippen LogP contribution in [0.25, 0.3) is 11.1 Å². The summed E-state index contributed by atoms with van der Waals surface area (Å²) in [6.45, 7) is 4.56. The molecule has 0 radical (unpaired) electrons. The van der Waals surface area contributed by atoms with E-state index in [0.717, 1.165) is 0 Å². The standard InChI is InChI=1S/C24H34/c1-3-5-7-9-15-21-17-11-13-19-23(21)24-20-14-12-18-22(24)16-10-8-6-4-2/h11-14,17-20H,3-10,15-16H2,1-2H3. The van der Waals surface area contributed by atoms with Crippen molar-refractivity contribution in [3.05, 3.63) is 59.7 Å². The van der Waals surface area contributed by atoms with Gasteiger partial charge >= 0.3 is 0 Å². The van der Waals surface area contributed by atoms with Gasteiger partial charge in [-0.1, -0.05) is 101 Å². The van der Waals surface area contributed by atoms with Crippen LogP contribution in [0.3, 0.4) is 0 Å². The highest BCUT2D eigenvalue weighted by molar-refractivity contribution is 5.70. The van der Waals surface area contributed by atoms with E-state index in [9.17, 15) is 0 Å². The summed E-state index contributed by atoms with van der Waals surface area (Å²) < 4.78 is 0. The first-order valence-corrected chi connectivity index (χ1v) is 10.0. The van der Waals surface area contributed by atoms with Crippen molar-refractivity contribution in [2.75, 3.05) is 0 Å². The van der Waals surface area contributed by atoms with Crippen molar-refractivity contribution in [3.63, 3.8) is 0 Å². The van der Waals surface area contributed by atoms with E-state index < -0.39 is 0 Å². The highest BCUT2D eigenvalue weighted by Gasteiger charge is 2.08. The molecule has 0 bridgehead atoms. The maximum Gasteiger partial charge on any atom is -0.0149 e. The zero-order chi connectivity index (χ0) is 17.0. The average molecular weight is 323 g/mol. The van der Waals surface area contributed by atoms with Gasteiger partial charge in [0.05, 0.1) is 0 Å². The van der Waals surface area contributed by atoms with Crippen LogP contribution in [0.15, 0.2) is 48.5 Å². The molecule has 2 aromatic rings. The summed E-state index contributed by atoms with van der Waals surface area (Å²) in [6, 6.07) is 18.1. The summed E-state index contributed by atoms with van der Waals surface area (Å²) in [4.78, 5) is 0. The van der Waals surface area contributed by atoms with Gasteiger partial charge in [-0.25, -0.2) is 0 Å². The van der Waals surface area contributed by atoms with Crippen molar-refractivity contribution in [1.29, 1.82) is 0 Å². The van der Waals surface area contributed by atoms with Gasteiger partial charge in [-0.15, -0.1) is 0 Å². The third kappa shape index (κ3) is 5.82. The molecule has 0 aliphatic heterocycles. The summed E-state index contributed by atoms with van der Waals surface area (Å²) in [6.07, 6.45) is 13.1. The molecule has 0 atom stereocenters. The molecule has 130 valence electrons. The monoisotopic (exact) mass is 322 g/mol. The Balaban J connectivity index is 2.12. The highest BCUT2D eigenvalue weighted by Crippen LogP contribution is 2.29. The molecule has 2 rings (SSSR count). The van der Waals surface area contributed by atoms with Crippen LogP contribution in [0, 0.1) is 0 Å². The van der Waals surface area contributed by atoms with E-state index in [1.807, 2.05) is 0 Å². The van der Waals surface area contributed by atoms with Crippen LogP contribution >= 0.6 is 0 Å². The first kappa shape index (κ1) is 18.8. The fraction of sp³-hybridized carbons (Fsp3) is 0.500. The molecule has 0 saturated carbocycles. The molecule has 0 amide bonds. The van der Waals surface area contributed by atoms with E-state index in [-0.39, 0.29) is 0 Å². The molecule has 0 fully saturated rings. The second-order valence-electron chi connectivity index (χ2n) is 6.94. The summed E-state index contributed by atoms with van der Waals surface area (Å²) in [5, 5.41) is 0. The molecule has 0 spiro atoms. The third-order valence-electron chi connectivity index (χ3n) is 4.92. The third-order valence-corrected chi connectivity index (χ3v) is 4.92. The summed E-state index contributed by atoms with van der Waals surface area (Å²) >= 11 is 0. The smallest absolute Gasteiger partial charge is 0.0149 e. The Morgan fingerprint density at radius 1 is 0.500 bits per heavy atom. The molecule has 0 saturated heterocycles. The Morgan fingerprint density at radius 3 is 1.33 bits per heavy atom. The van der Waals surface area contributed by atoms with Gasteiger partial charge in [-0.05, 0) is 47.9 Å². The van der Waals surface area contributed by atoms with Gasteiger partial charge in [-0.2, -0.15) is 0 Å². The van der Waals surface area contributed by atoms with Gasteiger partial charge in [0.1, 0.15) is 0 Å². The molecule has 0 N–H and O–H groups in total. The lowest BCUT2D eigenvalue weighted by atomic mass is 9.91. The molecule has 24 heavy (non-hydrogen) atoms. The van der Waals surface area contributed by atoms with Crippen LogP contribution in [0.1, 0.15) is 76.3 Å². The van der Waals surface area contributed by atoms with E-state index in [1.165, 1.54) is 86.5 Å². The Hall–Kier alpha value is -1.56. The lowest BCUT2D eigenvalue weighted by Crippen LogP contribution is -1.95. The van der Waals surface area contributed by atoms with Crippen LogP contribution in [0.4, 0.5) is 0 Å². The van der Waals surface area contributed by atoms with Gasteiger partial charge < -0.3 is 0 Å². The van der Waals surface area contributed by atoms with Crippen LogP contribution < -0.4 is 0 Å². The van der Waals surface area contributed by atoms with Crippen LogP contribution in [0.2, 0.25) is 0 Å². The van der Waals surface area contributed by atoms with Gasteiger partial charge in [-0.3, -0.25) is 0 Å². The largest absolute Gasteiger partial charge is 0.0654 e. The first-order valence-electron chi connectivity index (χ1n) is 10.0. The quantitative estimate of drug-likeness (QED) is 0.374. The zero-order valence-corrected chi connectivity index (χ0v) is 15.7. The van der Waals surface area contributed by atoms with Crippen molar-refractivity contribution >= 4 is 0 Å². The van der Waals surface area contributed by atoms with E-state index in [1.54, 1.807) is 0 Å². The van der Waals surface area contributed by atoms with Crippen molar-refractivity contribution < 1.29 is 0 Å². The Kier molecular flexibility index (Phi) is 8.66. The van der Waals surface area contributed by atoms with Gasteiger partial charge in [0.25, 0.3) is 0 Å². The SMILES string of the molecule is CCCCCCc1ccccc1-c1ccccc1CCCCCC. The lowest BCUT2D eigenvalue weighted by Gasteiger charge is -2.14. The van der Waals surface area contributed by atoms with Crippen molar-refractivity contribution in [3.8, 4) is 11.1 Å². The van der Waals surface area contributed by atoms with Crippen LogP contribution in [0.5, 0.6) is 0 Å². The van der Waals surface area contributed by atoms with Crippen LogP contribution in [-0.4, -0.2) is 0 Å². The van der Waals surface area contributed by atoms with Crippen molar-refractivity contribution in [1.82, 2.24) is 0 Å². The number of rotatable bonds is 11.